The quantitative estimate of drug-likeness (QED) is 0.558. The third-order valence-corrected chi connectivity index (χ3v) is 2.71. The van der Waals surface area contributed by atoms with Crippen molar-refractivity contribution in [2.75, 3.05) is 47.4 Å². The van der Waals surface area contributed by atoms with Gasteiger partial charge in [-0.3, -0.25) is 4.79 Å². The second-order valence-electron chi connectivity index (χ2n) is 4.75. The minimum absolute atomic E-state index is 0.0357. The van der Waals surface area contributed by atoms with E-state index < -0.39 is 0 Å². The molecule has 1 unspecified atom stereocenters. The van der Waals surface area contributed by atoms with Gasteiger partial charge in [-0.2, -0.15) is 0 Å². The molecule has 1 atom stereocenters. The fourth-order valence-electron chi connectivity index (χ4n) is 1.67. The van der Waals surface area contributed by atoms with Crippen LogP contribution in [0.2, 0.25) is 0 Å². The highest BCUT2D eigenvalue weighted by Gasteiger charge is 2.16. The number of rotatable bonds is 9. The highest BCUT2D eigenvalue weighted by atomic mass is 16.5. The van der Waals surface area contributed by atoms with Gasteiger partial charge in [-0.15, -0.1) is 0 Å². The molecule has 17 heavy (non-hydrogen) atoms. The fourth-order valence-corrected chi connectivity index (χ4v) is 1.67. The Kier molecular flexibility index (Phi) is 9.03. The van der Waals surface area contributed by atoms with Crippen molar-refractivity contribution in [3.63, 3.8) is 0 Å². The minimum atomic E-state index is 0.0357. The Morgan fingerprint density at radius 2 is 2.00 bits per heavy atom. The smallest absolute Gasteiger partial charge is 0.234 e. The highest BCUT2D eigenvalue weighted by molar-refractivity contribution is 5.77. The van der Waals surface area contributed by atoms with Crippen molar-refractivity contribution >= 4 is 5.91 Å². The van der Waals surface area contributed by atoms with Crippen molar-refractivity contribution in [1.82, 2.24) is 15.5 Å². The molecule has 0 aromatic rings. The van der Waals surface area contributed by atoms with Crippen LogP contribution in [0.15, 0.2) is 0 Å². The number of nitrogens with one attached hydrogen (secondary N) is 2. The molecule has 5 nitrogen and oxygen atoms in total. The molecule has 0 heterocycles. The molecule has 0 rings (SSSR count). The lowest BCUT2D eigenvalue weighted by Gasteiger charge is -2.28. The van der Waals surface area contributed by atoms with Gasteiger partial charge < -0.3 is 20.3 Å². The first-order valence-electron chi connectivity index (χ1n) is 6.11. The first kappa shape index (κ1) is 16.4. The average molecular weight is 245 g/mol. The van der Waals surface area contributed by atoms with Gasteiger partial charge in [0.05, 0.1) is 13.2 Å². The monoisotopic (exact) mass is 245 g/mol. The summed E-state index contributed by atoms with van der Waals surface area (Å²) in [6.45, 7) is 6.68. The Bertz CT molecular complexity index is 200. The van der Waals surface area contributed by atoms with Crippen molar-refractivity contribution in [1.29, 1.82) is 0 Å². The van der Waals surface area contributed by atoms with E-state index >= 15 is 0 Å². The summed E-state index contributed by atoms with van der Waals surface area (Å²) >= 11 is 0. The van der Waals surface area contributed by atoms with Crippen molar-refractivity contribution in [3.05, 3.63) is 0 Å². The van der Waals surface area contributed by atoms with E-state index in [0.29, 0.717) is 38.2 Å². The second kappa shape index (κ2) is 9.39. The van der Waals surface area contributed by atoms with Crippen LogP contribution in [0.4, 0.5) is 0 Å². The number of hydrogen-bond acceptors (Lipinski definition) is 4. The van der Waals surface area contributed by atoms with Crippen LogP contribution in [-0.4, -0.2) is 64.3 Å². The van der Waals surface area contributed by atoms with E-state index in [1.165, 1.54) is 0 Å². The first-order valence-corrected chi connectivity index (χ1v) is 6.11. The van der Waals surface area contributed by atoms with E-state index in [1.807, 2.05) is 14.1 Å². The molecule has 2 N–H and O–H groups in total. The van der Waals surface area contributed by atoms with Gasteiger partial charge >= 0.3 is 0 Å². The zero-order chi connectivity index (χ0) is 13.3. The zero-order valence-electron chi connectivity index (χ0n) is 11.7. The van der Waals surface area contributed by atoms with Gasteiger partial charge in [0.15, 0.2) is 0 Å². The molecule has 102 valence electrons. The van der Waals surface area contributed by atoms with Crippen LogP contribution in [0.5, 0.6) is 0 Å². The van der Waals surface area contributed by atoms with Crippen molar-refractivity contribution in [2.24, 2.45) is 5.92 Å². The number of carbonyl (C=O) groups is 1. The molecule has 0 saturated carbocycles. The Morgan fingerprint density at radius 3 is 2.47 bits per heavy atom. The molecule has 0 aromatic carbocycles. The Labute approximate surface area is 105 Å². The summed E-state index contributed by atoms with van der Waals surface area (Å²) in [5.41, 5.74) is 0. The van der Waals surface area contributed by atoms with Crippen LogP contribution in [0.3, 0.4) is 0 Å². The summed E-state index contributed by atoms with van der Waals surface area (Å²) in [7, 11) is 5.72. The molecule has 0 spiro atoms. The summed E-state index contributed by atoms with van der Waals surface area (Å²) in [4.78, 5) is 13.7. The van der Waals surface area contributed by atoms with E-state index in [2.05, 4.69) is 29.4 Å². The number of ether oxygens (including phenoxy) is 1. The largest absolute Gasteiger partial charge is 0.383 e. The highest BCUT2D eigenvalue weighted by Crippen LogP contribution is 2.05. The van der Waals surface area contributed by atoms with Crippen LogP contribution in [0.25, 0.3) is 0 Å². The normalized spacial score (nSPS) is 13.1. The molecule has 0 saturated heterocycles. The van der Waals surface area contributed by atoms with Gasteiger partial charge in [0.25, 0.3) is 0 Å². The number of carbonyl (C=O) groups excluding carboxylic acids is 1. The molecule has 0 radical (unpaired) electrons. The number of amides is 1. The molecular weight excluding hydrogens is 218 g/mol. The minimum Gasteiger partial charge on any atom is -0.383 e. The van der Waals surface area contributed by atoms with Gasteiger partial charge in [-0.1, -0.05) is 13.8 Å². The van der Waals surface area contributed by atoms with Gasteiger partial charge in [0.1, 0.15) is 0 Å². The van der Waals surface area contributed by atoms with Crippen LogP contribution in [-0.2, 0) is 9.53 Å². The van der Waals surface area contributed by atoms with Gasteiger partial charge in [0.2, 0.25) is 5.91 Å². The van der Waals surface area contributed by atoms with Gasteiger partial charge in [-0.05, 0) is 20.0 Å². The predicted octanol–water partition coefficient (Wildman–Crippen LogP) is -0.0752. The fraction of sp³-hybridized carbons (Fsp3) is 0.917. The van der Waals surface area contributed by atoms with Gasteiger partial charge in [0, 0.05) is 26.2 Å². The lowest BCUT2D eigenvalue weighted by atomic mass is 10.0. The third kappa shape index (κ3) is 8.12. The summed E-state index contributed by atoms with van der Waals surface area (Å²) in [6, 6.07) is 0.373. The number of likely N-dealkylation sites (N-methyl/N-ethyl adjacent to an activating group) is 1. The lowest BCUT2D eigenvalue weighted by molar-refractivity contribution is -0.120. The maximum absolute atomic E-state index is 11.5. The predicted molar refractivity (Wildman–Crippen MR) is 70.1 cm³/mol. The third-order valence-electron chi connectivity index (χ3n) is 2.71. The summed E-state index contributed by atoms with van der Waals surface area (Å²) in [5, 5.41) is 5.96. The molecule has 0 aromatic heterocycles. The molecule has 0 aliphatic rings. The maximum Gasteiger partial charge on any atom is 0.234 e. The molecule has 0 aliphatic heterocycles. The molecule has 5 heteroatoms. The Hall–Kier alpha value is -0.650. The van der Waals surface area contributed by atoms with Crippen LogP contribution in [0.1, 0.15) is 13.8 Å². The van der Waals surface area contributed by atoms with Crippen LogP contribution in [0, 0.1) is 5.92 Å². The molecule has 0 bridgehead atoms. The van der Waals surface area contributed by atoms with Crippen LogP contribution >= 0.6 is 0 Å². The van der Waals surface area contributed by atoms with E-state index in [4.69, 9.17) is 4.74 Å². The number of methoxy groups -OCH3 is 1. The summed E-state index contributed by atoms with van der Waals surface area (Å²) < 4.78 is 4.88. The van der Waals surface area contributed by atoms with Gasteiger partial charge in [-0.25, -0.2) is 0 Å². The summed E-state index contributed by atoms with van der Waals surface area (Å²) in [5.74, 6) is 0.556. The van der Waals surface area contributed by atoms with Crippen molar-refractivity contribution in [3.8, 4) is 0 Å². The topological polar surface area (TPSA) is 53.6 Å². The lowest BCUT2D eigenvalue weighted by Crippen LogP contribution is -2.45. The number of nitrogens with zero attached hydrogens (tertiary/aromatic N) is 1. The SMILES string of the molecule is COCCNCC(=O)NCC(C(C)C)N(C)C. The molecule has 0 fully saturated rings. The van der Waals surface area contributed by atoms with E-state index in [0.717, 1.165) is 0 Å². The molecule has 1 amide bonds. The number of hydrogen-bond donors (Lipinski definition) is 2. The zero-order valence-corrected chi connectivity index (χ0v) is 11.7. The molecule has 0 aliphatic carbocycles. The second-order valence-corrected chi connectivity index (χ2v) is 4.75. The van der Waals surface area contributed by atoms with E-state index in [-0.39, 0.29) is 5.91 Å². The van der Waals surface area contributed by atoms with E-state index in [9.17, 15) is 4.79 Å². The Morgan fingerprint density at radius 1 is 1.35 bits per heavy atom. The first-order chi connectivity index (χ1) is 7.99. The van der Waals surface area contributed by atoms with Crippen molar-refractivity contribution < 1.29 is 9.53 Å². The summed E-state index contributed by atoms with van der Waals surface area (Å²) in [6.07, 6.45) is 0. The Balaban J connectivity index is 3.73. The average Bonchev–Trinajstić information content (AvgIpc) is 2.23. The standard InChI is InChI=1S/C12H27N3O2/c1-10(2)11(15(3)4)8-14-12(16)9-13-6-7-17-5/h10-11,13H,6-9H2,1-5H3,(H,14,16). The molecular formula is C12H27N3O2. The van der Waals surface area contributed by atoms with Crippen molar-refractivity contribution in [2.45, 2.75) is 19.9 Å². The maximum atomic E-state index is 11.5. The van der Waals surface area contributed by atoms with E-state index in [1.54, 1.807) is 7.11 Å². The van der Waals surface area contributed by atoms with Crippen LogP contribution < -0.4 is 10.6 Å².